The third-order valence-corrected chi connectivity index (χ3v) is 3.97. The van der Waals surface area contributed by atoms with E-state index in [1.54, 1.807) is 42.7 Å². The summed E-state index contributed by atoms with van der Waals surface area (Å²) < 4.78 is 4.71. The van der Waals surface area contributed by atoms with E-state index in [0.29, 0.717) is 0 Å². The first-order chi connectivity index (χ1) is 14.1. The summed E-state index contributed by atoms with van der Waals surface area (Å²) >= 11 is 0. The molecule has 3 aromatic rings. The minimum absolute atomic E-state index is 0.0405. The molecule has 2 heterocycles. The fourth-order valence-corrected chi connectivity index (χ4v) is 2.53. The predicted molar refractivity (Wildman–Crippen MR) is 105 cm³/mol. The average molecular weight is 390 g/mol. The van der Waals surface area contributed by atoms with Crippen LogP contribution in [0.3, 0.4) is 0 Å². The number of ether oxygens (including phenoxy) is 1. The number of hydrogen-bond acceptors (Lipinski definition) is 6. The van der Waals surface area contributed by atoms with Crippen LogP contribution >= 0.6 is 0 Å². The number of nitrogens with zero attached hydrogens (tertiary/aromatic N) is 2. The molecular weight excluding hydrogens is 372 g/mol. The third kappa shape index (κ3) is 5.01. The van der Waals surface area contributed by atoms with Crippen molar-refractivity contribution < 1.29 is 19.1 Å². The van der Waals surface area contributed by atoms with Crippen LogP contribution < -0.4 is 10.6 Å². The van der Waals surface area contributed by atoms with Crippen molar-refractivity contribution >= 4 is 23.5 Å². The summed E-state index contributed by atoms with van der Waals surface area (Å²) in [7, 11) is 1.26. The van der Waals surface area contributed by atoms with E-state index >= 15 is 0 Å². The molecule has 0 radical (unpaired) electrons. The Balaban J connectivity index is 1.71. The van der Waals surface area contributed by atoms with Crippen LogP contribution in [-0.4, -0.2) is 34.9 Å². The zero-order valence-electron chi connectivity index (χ0n) is 15.6. The summed E-state index contributed by atoms with van der Waals surface area (Å²) in [5, 5.41) is 5.35. The molecule has 1 aromatic carbocycles. The van der Waals surface area contributed by atoms with Crippen molar-refractivity contribution in [3.05, 3.63) is 89.5 Å². The molecule has 29 heavy (non-hydrogen) atoms. The lowest BCUT2D eigenvalue weighted by molar-refractivity contribution is 0.0601. The van der Waals surface area contributed by atoms with Gasteiger partial charge in [-0.1, -0.05) is 24.3 Å². The number of aromatic nitrogens is 2. The highest BCUT2D eigenvalue weighted by molar-refractivity contribution is 6.07. The molecule has 0 fully saturated rings. The molecule has 0 bridgehead atoms. The lowest BCUT2D eigenvalue weighted by Gasteiger charge is -2.10. The predicted octanol–water partition coefficient (Wildman–Crippen LogP) is 2.45. The van der Waals surface area contributed by atoms with Gasteiger partial charge >= 0.3 is 5.97 Å². The maximum absolute atomic E-state index is 12.6. The Labute approximate surface area is 167 Å². The number of rotatable bonds is 6. The molecule has 0 aliphatic heterocycles. The fraction of sp³-hybridized carbons (Fsp3) is 0.0952. The number of benzene rings is 1. The Morgan fingerprint density at radius 1 is 0.931 bits per heavy atom. The summed E-state index contributed by atoms with van der Waals surface area (Å²) in [6.45, 7) is 0.289. The van der Waals surface area contributed by atoms with Crippen LogP contribution in [0.2, 0.25) is 0 Å². The van der Waals surface area contributed by atoms with Gasteiger partial charge in [-0.15, -0.1) is 0 Å². The smallest absolute Gasteiger partial charge is 0.339 e. The normalized spacial score (nSPS) is 10.1. The molecule has 2 N–H and O–H groups in total. The fourth-order valence-electron chi connectivity index (χ4n) is 2.53. The number of carbonyl (C=O) groups excluding carboxylic acids is 3. The first kappa shape index (κ1) is 19.7. The number of para-hydroxylation sites is 1. The van der Waals surface area contributed by atoms with Crippen molar-refractivity contribution in [2.24, 2.45) is 0 Å². The summed E-state index contributed by atoms with van der Waals surface area (Å²) in [5.74, 6) is -1.54. The van der Waals surface area contributed by atoms with Crippen LogP contribution in [0.1, 0.15) is 36.9 Å². The summed E-state index contributed by atoms with van der Waals surface area (Å²) in [4.78, 5) is 44.9. The maximum Gasteiger partial charge on any atom is 0.339 e. The van der Waals surface area contributed by atoms with Gasteiger partial charge in [0, 0.05) is 18.9 Å². The molecule has 8 heteroatoms. The van der Waals surface area contributed by atoms with E-state index < -0.39 is 17.8 Å². The first-order valence-corrected chi connectivity index (χ1v) is 8.71. The maximum atomic E-state index is 12.6. The van der Waals surface area contributed by atoms with Crippen LogP contribution in [0.15, 0.2) is 67.0 Å². The van der Waals surface area contributed by atoms with Crippen molar-refractivity contribution in [3.63, 3.8) is 0 Å². The number of methoxy groups -OCH3 is 1. The topological polar surface area (TPSA) is 110 Å². The lowest BCUT2D eigenvalue weighted by atomic mass is 10.1. The molecule has 0 saturated heterocycles. The van der Waals surface area contributed by atoms with Crippen molar-refractivity contribution in [1.29, 1.82) is 0 Å². The van der Waals surface area contributed by atoms with Crippen molar-refractivity contribution in [3.8, 4) is 0 Å². The Kier molecular flexibility index (Phi) is 6.26. The van der Waals surface area contributed by atoms with Crippen LogP contribution in [0, 0.1) is 0 Å². The monoisotopic (exact) mass is 390 g/mol. The standard InChI is InChI=1S/C21H18N4O4/c1-29-21(28)15-7-2-3-8-16(15)25-20(27)18-10-4-9-17(24-18)19(26)23-13-14-6-5-11-22-12-14/h2-12H,13H2,1H3,(H,23,26)(H,25,27). The highest BCUT2D eigenvalue weighted by Gasteiger charge is 2.16. The van der Waals surface area contributed by atoms with E-state index in [9.17, 15) is 14.4 Å². The van der Waals surface area contributed by atoms with E-state index in [1.165, 1.54) is 25.3 Å². The highest BCUT2D eigenvalue weighted by atomic mass is 16.5. The summed E-state index contributed by atoms with van der Waals surface area (Å²) in [6.07, 6.45) is 3.30. The summed E-state index contributed by atoms with van der Waals surface area (Å²) in [5.41, 5.74) is 1.49. The average Bonchev–Trinajstić information content (AvgIpc) is 2.78. The second kappa shape index (κ2) is 9.23. The number of anilines is 1. The number of hydrogen-bond donors (Lipinski definition) is 2. The van der Waals surface area contributed by atoms with Crippen LogP contribution in [0.4, 0.5) is 5.69 Å². The molecule has 0 unspecified atom stereocenters. The molecule has 0 spiro atoms. The molecule has 8 nitrogen and oxygen atoms in total. The Bertz CT molecular complexity index is 1040. The van der Waals surface area contributed by atoms with Crippen molar-refractivity contribution in [1.82, 2.24) is 15.3 Å². The minimum Gasteiger partial charge on any atom is -0.465 e. The van der Waals surface area contributed by atoms with Crippen LogP contribution in [0.25, 0.3) is 0 Å². The van der Waals surface area contributed by atoms with Crippen LogP contribution in [0.5, 0.6) is 0 Å². The number of esters is 1. The van der Waals surface area contributed by atoms with E-state index in [4.69, 9.17) is 4.74 Å². The molecule has 0 atom stereocenters. The molecule has 2 aromatic heterocycles. The van der Waals surface area contributed by atoms with Gasteiger partial charge in [-0.2, -0.15) is 0 Å². The Morgan fingerprint density at radius 3 is 2.41 bits per heavy atom. The number of nitrogens with one attached hydrogen (secondary N) is 2. The Hall–Kier alpha value is -4.07. The molecule has 0 saturated carbocycles. The molecule has 146 valence electrons. The van der Waals surface area contributed by atoms with Gasteiger partial charge in [0.05, 0.1) is 18.4 Å². The van der Waals surface area contributed by atoms with E-state index in [0.717, 1.165) is 5.56 Å². The first-order valence-electron chi connectivity index (χ1n) is 8.71. The number of pyridine rings is 2. The molecule has 0 aliphatic carbocycles. The SMILES string of the molecule is COC(=O)c1ccccc1NC(=O)c1cccc(C(=O)NCc2cccnc2)n1. The van der Waals surface area contributed by atoms with Gasteiger partial charge in [-0.05, 0) is 35.9 Å². The minimum atomic E-state index is -0.572. The quantitative estimate of drug-likeness (QED) is 0.626. The second-order valence-electron chi connectivity index (χ2n) is 5.94. The third-order valence-electron chi connectivity index (χ3n) is 3.97. The van der Waals surface area contributed by atoms with Crippen molar-refractivity contribution in [2.75, 3.05) is 12.4 Å². The van der Waals surface area contributed by atoms with Gasteiger partial charge in [-0.25, -0.2) is 9.78 Å². The number of carbonyl (C=O) groups is 3. The zero-order valence-corrected chi connectivity index (χ0v) is 15.6. The number of amides is 2. The van der Waals surface area contributed by atoms with Crippen LogP contribution in [-0.2, 0) is 11.3 Å². The van der Waals surface area contributed by atoms with Gasteiger partial charge in [0.2, 0.25) is 0 Å². The molecular formula is C21H18N4O4. The molecule has 2 amide bonds. The van der Waals surface area contributed by atoms with Gasteiger partial charge in [0.15, 0.2) is 0 Å². The second-order valence-corrected chi connectivity index (χ2v) is 5.94. The highest BCUT2D eigenvalue weighted by Crippen LogP contribution is 2.17. The summed E-state index contributed by atoms with van der Waals surface area (Å²) in [6, 6.07) is 14.6. The zero-order chi connectivity index (χ0) is 20.6. The van der Waals surface area contributed by atoms with Crippen molar-refractivity contribution in [2.45, 2.75) is 6.54 Å². The van der Waals surface area contributed by atoms with Gasteiger partial charge in [0.1, 0.15) is 11.4 Å². The largest absolute Gasteiger partial charge is 0.465 e. The van der Waals surface area contributed by atoms with Gasteiger partial charge in [0.25, 0.3) is 11.8 Å². The van der Waals surface area contributed by atoms with Gasteiger partial charge < -0.3 is 15.4 Å². The lowest BCUT2D eigenvalue weighted by Crippen LogP contribution is -2.25. The molecule has 0 aliphatic rings. The Morgan fingerprint density at radius 2 is 1.69 bits per heavy atom. The van der Waals surface area contributed by atoms with E-state index in [2.05, 4.69) is 20.6 Å². The van der Waals surface area contributed by atoms with E-state index in [1.807, 2.05) is 6.07 Å². The van der Waals surface area contributed by atoms with E-state index in [-0.39, 0.29) is 29.2 Å². The van der Waals surface area contributed by atoms with Gasteiger partial charge in [-0.3, -0.25) is 14.6 Å². The molecule has 3 rings (SSSR count).